The number of nitrogens with zero attached hydrogens (tertiary/aromatic N) is 1. The summed E-state index contributed by atoms with van der Waals surface area (Å²) in [5, 5.41) is 7.55. The molecule has 118 valence electrons. The van der Waals surface area contributed by atoms with E-state index < -0.39 is 5.54 Å². The molecule has 0 saturated carbocycles. The fraction of sp³-hybridized carbons (Fsp3) is 0.357. The van der Waals surface area contributed by atoms with Crippen LogP contribution in [0.25, 0.3) is 11.5 Å². The molecule has 0 aliphatic heterocycles. The fourth-order valence-corrected chi connectivity index (χ4v) is 2.22. The van der Waals surface area contributed by atoms with E-state index in [0.717, 1.165) is 0 Å². The van der Waals surface area contributed by atoms with Gasteiger partial charge in [0.2, 0.25) is 11.8 Å². The first-order chi connectivity index (χ1) is 10.3. The monoisotopic (exact) mass is 322 g/mol. The lowest BCUT2D eigenvalue weighted by atomic mass is 10.1. The normalized spacial score (nSPS) is 11.3. The molecule has 0 bridgehead atoms. The summed E-state index contributed by atoms with van der Waals surface area (Å²) in [6.07, 6.45) is 0. The molecule has 8 heteroatoms. The molecule has 2 heterocycles. The van der Waals surface area contributed by atoms with E-state index >= 15 is 0 Å². The lowest BCUT2D eigenvalue weighted by Crippen LogP contribution is -2.45. The number of carbonyl (C=O) groups is 2. The molecule has 0 aliphatic carbocycles. The van der Waals surface area contributed by atoms with E-state index in [0.29, 0.717) is 28.9 Å². The number of hydrogen-bond acceptors (Lipinski definition) is 6. The molecule has 0 unspecified atom stereocenters. The summed E-state index contributed by atoms with van der Waals surface area (Å²) in [4.78, 5) is 27.0. The van der Waals surface area contributed by atoms with Crippen LogP contribution in [0.1, 0.15) is 26.5 Å². The van der Waals surface area contributed by atoms with Crippen molar-refractivity contribution in [3.8, 4) is 11.5 Å². The van der Waals surface area contributed by atoms with Crippen LogP contribution in [0.5, 0.6) is 0 Å². The van der Waals surface area contributed by atoms with Crippen LogP contribution in [-0.4, -0.2) is 22.3 Å². The van der Waals surface area contributed by atoms with Gasteiger partial charge < -0.3 is 20.8 Å². The number of aromatic nitrogens is 1. The molecule has 0 saturated heterocycles. The minimum atomic E-state index is -0.970. The molecule has 0 spiro atoms. The average Bonchev–Trinajstić information content (AvgIpc) is 3.03. The molecule has 2 amide bonds. The first-order valence-corrected chi connectivity index (χ1v) is 7.53. The van der Waals surface area contributed by atoms with Gasteiger partial charge in [0.15, 0.2) is 10.9 Å². The lowest BCUT2D eigenvalue weighted by Gasteiger charge is -2.16. The Morgan fingerprint density at radius 3 is 2.77 bits per heavy atom. The molecule has 22 heavy (non-hydrogen) atoms. The van der Waals surface area contributed by atoms with E-state index in [-0.39, 0.29) is 11.8 Å². The molecular weight excluding hydrogens is 304 g/mol. The number of thiazole rings is 1. The van der Waals surface area contributed by atoms with Crippen LogP contribution in [0.15, 0.2) is 21.9 Å². The van der Waals surface area contributed by atoms with E-state index in [9.17, 15) is 9.59 Å². The second kappa shape index (κ2) is 6.29. The molecule has 2 aromatic rings. The summed E-state index contributed by atoms with van der Waals surface area (Å²) in [5.41, 5.74) is 5.36. The van der Waals surface area contributed by atoms with Crippen molar-refractivity contribution < 1.29 is 14.0 Å². The zero-order chi connectivity index (χ0) is 16.3. The molecular formula is C14H18N4O3S. The summed E-state index contributed by atoms with van der Waals surface area (Å²) in [5.74, 6) is 0.774. The minimum Gasteiger partial charge on any atom is -0.458 e. The maximum Gasteiger partial charge on any atom is 0.245 e. The van der Waals surface area contributed by atoms with Crippen LogP contribution in [0.4, 0.5) is 5.13 Å². The van der Waals surface area contributed by atoms with Gasteiger partial charge in [-0.2, -0.15) is 0 Å². The highest BCUT2D eigenvalue weighted by atomic mass is 32.1. The molecule has 0 atom stereocenters. The Balaban J connectivity index is 2.05. The Morgan fingerprint density at radius 1 is 1.41 bits per heavy atom. The zero-order valence-electron chi connectivity index (χ0n) is 12.6. The lowest BCUT2D eigenvalue weighted by molar-refractivity contribution is -0.120. The Labute approximate surface area is 131 Å². The summed E-state index contributed by atoms with van der Waals surface area (Å²) in [7, 11) is 0. The van der Waals surface area contributed by atoms with Crippen molar-refractivity contribution in [2.75, 3.05) is 5.32 Å². The van der Waals surface area contributed by atoms with Gasteiger partial charge in [0.1, 0.15) is 11.5 Å². The second-order valence-electron chi connectivity index (χ2n) is 5.39. The van der Waals surface area contributed by atoms with Crippen molar-refractivity contribution in [3.05, 3.63) is 23.3 Å². The van der Waals surface area contributed by atoms with Gasteiger partial charge in [0.25, 0.3) is 0 Å². The molecule has 0 fully saturated rings. The molecule has 4 N–H and O–H groups in total. The van der Waals surface area contributed by atoms with Gasteiger partial charge in [-0.05, 0) is 26.0 Å². The number of amides is 2. The van der Waals surface area contributed by atoms with Crippen molar-refractivity contribution in [2.45, 2.75) is 32.9 Å². The second-order valence-corrected chi connectivity index (χ2v) is 6.25. The van der Waals surface area contributed by atoms with E-state index in [1.54, 1.807) is 31.4 Å². The Hall–Kier alpha value is -2.19. The van der Waals surface area contributed by atoms with Gasteiger partial charge in [0.05, 0.1) is 12.1 Å². The number of rotatable bonds is 5. The number of carbonyl (C=O) groups excluding carboxylic acids is 2. The maximum absolute atomic E-state index is 11.8. The van der Waals surface area contributed by atoms with Crippen molar-refractivity contribution in [2.24, 2.45) is 5.73 Å². The van der Waals surface area contributed by atoms with Crippen LogP contribution < -0.4 is 16.4 Å². The van der Waals surface area contributed by atoms with Crippen molar-refractivity contribution >= 4 is 28.3 Å². The summed E-state index contributed by atoms with van der Waals surface area (Å²) >= 11 is 1.29. The predicted octanol–water partition coefficient (Wildman–Crippen LogP) is 1.71. The topological polar surface area (TPSA) is 110 Å². The third-order valence-corrected chi connectivity index (χ3v) is 3.49. The van der Waals surface area contributed by atoms with Gasteiger partial charge in [-0.25, -0.2) is 4.98 Å². The molecule has 7 nitrogen and oxygen atoms in total. The van der Waals surface area contributed by atoms with Crippen LogP contribution in [0, 0.1) is 0 Å². The number of nitrogens with one attached hydrogen (secondary N) is 2. The zero-order valence-corrected chi connectivity index (χ0v) is 13.4. The first kappa shape index (κ1) is 16.2. The largest absolute Gasteiger partial charge is 0.458 e. The molecule has 2 rings (SSSR count). The minimum absolute atomic E-state index is 0.124. The van der Waals surface area contributed by atoms with Crippen LogP contribution in [0.2, 0.25) is 0 Å². The number of anilines is 1. The molecule has 2 aromatic heterocycles. The summed E-state index contributed by atoms with van der Waals surface area (Å²) in [6.45, 7) is 5.01. The number of furan rings is 1. The quantitative estimate of drug-likeness (QED) is 0.776. The number of nitrogens with two attached hydrogens (primary N) is 1. The van der Waals surface area contributed by atoms with E-state index in [2.05, 4.69) is 15.6 Å². The number of hydrogen-bond donors (Lipinski definition) is 3. The maximum atomic E-state index is 11.8. The highest BCUT2D eigenvalue weighted by molar-refractivity contribution is 7.14. The van der Waals surface area contributed by atoms with Crippen molar-refractivity contribution in [1.29, 1.82) is 0 Å². The average molecular weight is 322 g/mol. The Kier molecular flexibility index (Phi) is 4.62. The SMILES string of the molecule is CC(=O)NCc1ccc(-c2csc(NC(=O)C(C)(C)N)n2)o1. The van der Waals surface area contributed by atoms with Gasteiger partial charge in [-0.3, -0.25) is 9.59 Å². The summed E-state index contributed by atoms with van der Waals surface area (Å²) in [6, 6.07) is 3.54. The predicted molar refractivity (Wildman–Crippen MR) is 84.2 cm³/mol. The third kappa shape index (κ3) is 4.15. The van der Waals surface area contributed by atoms with Gasteiger partial charge in [0, 0.05) is 12.3 Å². The van der Waals surface area contributed by atoms with Crippen molar-refractivity contribution in [1.82, 2.24) is 10.3 Å². The first-order valence-electron chi connectivity index (χ1n) is 6.65. The fourth-order valence-electron chi connectivity index (χ4n) is 1.52. The van der Waals surface area contributed by atoms with E-state index in [4.69, 9.17) is 10.2 Å². The van der Waals surface area contributed by atoms with Gasteiger partial charge >= 0.3 is 0 Å². The highest BCUT2D eigenvalue weighted by Gasteiger charge is 2.23. The smallest absolute Gasteiger partial charge is 0.245 e. The van der Waals surface area contributed by atoms with Gasteiger partial charge in [-0.15, -0.1) is 11.3 Å². The van der Waals surface area contributed by atoms with Crippen molar-refractivity contribution in [3.63, 3.8) is 0 Å². The summed E-state index contributed by atoms with van der Waals surface area (Å²) < 4.78 is 5.60. The molecule has 0 radical (unpaired) electrons. The van der Waals surface area contributed by atoms with E-state index in [1.807, 2.05) is 0 Å². The third-order valence-electron chi connectivity index (χ3n) is 2.74. The van der Waals surface area contributed by atoms with Crippen LogP contribution in [0.3, 0.4) is 0 Å². The standard InChI is InChI=1S/C14H18N4O3S/c1-8(19)16-6-9-4-5-11(21-9)10-7-22-13(17-10)18-12(20)14(2,3)15/h4-5,7H,6,15H2,1-3H3,(H,16,19)(H,17,18,20). The Bertz CT molecular complexity index is 684. The highest BCUT2D eigenvalue weighted by Crippen LogP contribution is 2.26. The molecule has 0 aromatic carbocycles. The Morgan fingerprint density at radius 2 is 2.14 bits per heavy atom. The van der Waals surface area contributed by atoms with Gasteiger partial charge in [-0.1, -0.05) is 0 Å². The van der Waals surface area contributed by atoms with Crippen LogP contribution >= 0.6 is 11.3 Å². The van der Waals surface area contributed by atoms with Crippen LogP contribution in [-0.2, 0) is 16.1 Å². The van der Waals surface area contributed by atoms with E-state index in [1.165, 1.54) is 18.3 Å². The molecule has 0 aliphatic rings.